The van der Waals surface area contributed by atoms with Crippen LogP contribution in [0.25, 0.3) is 22.3 Å². The first-order valence-electron chi connectivity index (χ1n) is 12.7. The number of esters is 1. The molecule has 0 spiro atoms. The Morgan fingerprint density at radius 2 is 1.63 bits per heavy atom. The average molecular weight is 469 g/mol. The Morgan fingerprint density at radius 1 is 0.943 bits per heavy atom. The van der Waals surface area contributed by atoms with E-state index in [0.717, 1.165) is 28.2 Å². The van der Waals surface area contributed by atoms with Crippen molar-refractivity contribution < 1.29 is 14.6 Å². The van der Waals surface area contributed by atoms with E-state index in [1.807, 2.05) is 12.1 Å². The maximum Gasteiger partial charge on any atom is 0.333 e. The van der Waals surface area contributed by atoms with Crippen LogP contribution in [0.5, 0.6) is 0 Å². The summed E-state index contributed by atoms with van der Waals surface area (Å²) in [6.45, 7) is 7.68. The van der Waals surface area contributed by atoms with Crippen LogP contribution in [0.3, 0.4) is 0 Å². The minimum Gasteiger partial charge on any atom is -0.462 e. The van der Waals surface area contributed by atoms with Gasteiger partial charge in [-0.15, -0.1) is 0 Å². The third-order valence-electron chi connectivity index (χ3n) is 7.14. The number of aryl methyl sites for hydroxylation is 1. The first kappa shape index (κ1) is 24.9. The lowest BCUT2D eigenvalue weighted by Crippen LogP contribution is -2.09. The molecule has 0 heterocycles. The van der Waals surface area contributed by atoms with Crippen LogP contribution in [-0.2, 0) is 22.6 Å². The van der Waals surface area contributed by atoms with E-state index in [0.29, 0.717) is 12.0 Å². The van der Waals surface area contributed by atoms with Gasteiger partial charge in [-0.3, -0.25) is 0 Å². The molecule has 0 saturated heterocycles. The van der Waals surface area contributed by atoms with Crippen LogP contribution in [-0.4, -0.2) is 17.7 Å². The van der Waals surface area contributed by atoms with Gasteiger partial charge in [-0.2, -0.15) is 0 Å². The molecule has 0 radical (unpaired) electrons. The van der Waals surface area contributed by atoms with Crippen molar-refractivity contribution in [1.82, 2.24) is 0 Å². The largest absolute Gasteiger partial charge is 0.462 e. The van der Waals surface area contributed by atoms with Crippen molar-refractivity contribution in [3.8, 4) is 22.3 Å². The van der Waals surface area contributed by atoms with E-state index in [4.69, 9.17) is 4.74 Å². The minimum absolute atomic E-state index is 0.0202. The molecule has 1 N–H and O–H groups in total. The van der Waals surface area contributed by atoms with Crippen LogP contribution < -0.4 is 0 Å². The highest BCUT2D eigenvalue weighted by molar-refractivity contribution is 5.87. The second kappa shape index (κ2) is 11.5. The fourth-order valence-electron chi connectivity index (χ4n) is 5.12. The van der Waals surface area contributed by atoms with Crippen molar-refractivity contribution in [3.05, 3.63) is 95.1 Å². The van der Waals surface area contributed by atoms with E-state index in [2.05, 4.69) is 62.0 Å². The smallest absolute Gasteiger partial charge is 0.333 e. The van der Waals surface area contributed by atoms with Crippen LogP contribution in [0.1, 0.15) is 67.2 Å². The highest BCUT2D eigenvalue weighted by atomic mass is 16.5. The van der Waals surface area contributed by atoms with Crippen molar-refractivity contribution in [3.63, 3.8) is 0 Å². The maximum atomic E-state index is 11.8. The molecule has 3 aromatic rings. The van der Waals surface area contributed by atoms with Gasteiger partial charge >= 0.3 is 5.97 Å². The Morgan fingerprint density at radius 3 is 2.29 bits per heavy atom. The van der Waals surface area contributed by atoms with Crippen molar-refractivity contribution >= 4 is 5.97 Å². The normalized spacial score (nSPS) is 14.0. The summed E-state index contributed by atoms with van der Waals surface area (Å²) in [4.78, 5) is 11.8. The van der Waals surface area contributed by atoms with E-state index in [-0.39, 0.29) is 19.2 Å². The molecule has 0 bridgehead atoms. The molecule has 0 aliphatic heterocycles. The molecule has 4 rings (SSSR count). The Kier molecular flexibility index (Phi) is 8.20. The molecule has 3 aromatic carbocycles. The Balaban J connectivity index is 1.55. The number of ether oxygens (including phenoxy) is 1. The number of aliphatic hydroxyl groups is 1. The number of carbonyl (C=O) groups is 1. The summed E-state index contributed by atoms with van der Waals surface area (Å²) in [6.07, 6.45) is 7.29. The van der Waals surface area contributed by atoms with Crippen molar-refractivity contribution in [2.24, 2.45) is 0 Å². The molecule has 3 nitrogen and oxygen atoms in total. The standard InChI is InChI=1S/C32H36O3/c1-22(2)32(34)35-18-17-29-20-24(21-33)9-15-31(29)30-16-14-28(19-23(30)3)27-12-10-26(11-13-27)25-7-5-4-6-8-25/h9-16,19-20,25,33H,1,4-8,17-18,21H2,2-3H3. The minimum atomic E-state index is -0.375. The van der Waals surface area contributed by atoms with Crippen LogP contribution in [0.15, 0.2) is 72.8 Å². The van der Waals surface area contributed by atoms with Gasteiger partial charge in [0.25, 0.3) is 0 Å². The third-order valence-corrected chi connectivity index (χ3v) is 7.14. The molecule has 0 aromatic heterocycles. The van der Waals surface area contributed by atoms with Gasteiger partial charge in [-0.1, -0.05) is 86.5 Å². The zero-order chi connectivity index (χ0) is 24.8. The number of aliphatic hydroxyl groups excluding tert-OH is 1. The number of benzene rings is 3. The lowest BCUT2D eigenvalue weighted by Gasteiger charge is -2.22. The lowest BCUT2D eigenvalue weighted by molar-refractivity contribution is -0.138. The summed E-state index contributed by atoms with van der Waals surface area (Å²) in [7, 11) is 0. The monoisotopic (exact) mass is 468 g/mol. The molecule has 0 atom stereocenters. The second-order valence-electron chi connectivity index (χ2n) is 9.80. The van der Waals surface area contributed by atoms with Crippen molar-refractivity contribution in [2.45, 2.75) is 64.9 Å². The fourth-order valence-corrected chi connectivity index (χ4v) is 5.12. The van der Waals surface area contributed by atoms with Gasteiger partial charge < -0.3 is 9.84 Å². The molecular formula is C32H36O3. The van der Waals surface area contributed by atoms with Crippen molar-refractivity contribution in [2.75, 3.05) is 6.61 Å². The zero-order valence-electron chi connectivity index (χ0n) is 21.0. The summed E-state index contributed by atoms with van der Waals surface area (Å²) in [6, 6.07) is 21.8. The SMILES string of the molecule is C=C(C)C(=O)OCCc1cc(CO)ccc1-c1ccc(-c2ccc(C3CCCCC3)cc2)cc1C. The van der Waals surface area contributed by atoms with E-state index in [1.165, 1.54) is 54.4 Å². The Bertz CT molecular complexity index is 1180. The quantitative estimate of drug-likeness (QED) is 0.274. The molecular weight excluding hydrogens is 432 g/mol. The van der Waals surface area contributed by atoms with Gasteiger partial charge in [0.05, 0.1) is 13.2 Å². The van der Waals surface area contributed by atoms with Crippen LogP contribution in [0.4, 0.5) is 0 Å². The second-order valence-corrected chi connectivity index (χ2v) is 9.80. The van der Waals surface area contributed by atoms with Gasteiger partial charge in [0.15, 0.2) is 0 Å². The third kappa shape index (κ3) is 6.10. The van der Waals surface area contributed by atoms with Gasteiger partial charge in [0.1, 0.15) is 0 Å². The highest BCUT2D eigenvalue weighted by Crippen LogP contribution is 2.35. The number of carbonyl (C=O) groups excluding carboxylic acids is 1. The predicted molar refractivity (Wildman–Crippen MR) is 143 cm³/mol. The molecule has 1 aliphatic rings. The van der Waals surface area contributed by atoms with Crippen LogP contribution in [0.2, 0.25) is 0 Å². The molecule has 1 aliphatic carbocycles. The summed E-state index contributed by atoms with van der Waals surface area (Å²) in [5, 5.41) is 9.63. The molecule has 0 unspecified atom stereocenters. The number of hydrogen-bond acceptors (Lipinski definition) is 3. The topological polar surface area (TPSA) is 46.5 Å². The molecule has 1 saturated carbocycles. The van der Waals surface area contributed by atoms with E-state index >= 15 is 0 Å². The summed E-state index contributed by atoms with van der Waals surface area (Å²) in [5.74, 6) is 0.344. The van der Waals surface area contributed by atoms with Gasteiger partial charge in [-0.05, 0) is 77.1 Å². The molecule has 3 heteroatoms. The molecule has 182 valence electrons. The summed E-state index contributed by atoms with van der Waals surface area (Å²) >= 11 is 0. The van der Waals surface area contributed by atoms with Gasteiger partial charge in [-0.25, -0.2) is 4.79 Å². The molecule has 0 amide bonds. The average Bonchev–Trinajstić information content (AvgIpc) is 2.89. The zero-order valence-corrected chi connectivity index (χ0v) is 21.0. The first-order valence-corrected chi connectivity index (χ1v) is 12.7. The number of rotatable bonds is 8. The van der Waals surface area contributed by atoms with Gasteiger partial charge in [0.2, 0.25) is 0 Å². The molecule has 35 heavy (non-hydrogen) atoms. The molecule has 1 fully saturated rings. The highest BCUT2D eigenvalue weighted by Gasteiger charge is 2.16. The van der Waals surface area contributed by atoms with Gasteiger partial charge in [0, 0.05) is 12.0 Å². The maximum absolute atomic E-state index is 11.8. The summed E-state index contributed by atoms with van der Waals surface area (Å²) < 4.78 is 5.33. The lowest BCUT2D eigenvalue weighted by atomic mass is 9.83. The summed E-state index contributed by atoms with van der Waals surface area (Å²) in [5.41, 5.74) is 9.67. The van der Waals surface area contributed by atoms with E-state index < -0.39 is 0 Å². The predicted octanol–water partition coefficient (Wildman–Crippen LogP) is 7.53. The Labute approximate surface area is 209 Å². The van der Waals surface area contributed by atoms with Crippen LogP contribution in [0, 0.1) is 6.92 Å². The first-order chi connectivity index (χ1) is 17.0. The van der Waals surface area contributed by atoms with Crippen LogP contribution >= 0.6 is 0 Å². The fraction of sp³-hybridized carbons (Fsp3) is 0.344. The van der Waals surface area contributed by atoms with E-state index in [1.54, 1.807) is 6.92 Å². The Hall–Kier alpha value is -3.17. The number of hydrogen-bond donors (Lipinski definition) is 1. The van der Waals surface area contributed by atoms with E-state index in [9.17, 15) is 9.90 Å². The van der Waals surface area contributed by atoms with Crippen molar-refractivity contribution in [1.29, 1.82) is 0 Å².